The van der Waals surface area contributed by atoms with Crippen LogP contribution >= 0.6 is 11.6 Å². The summed E-state index contributed by atoms with van der Waals surface area (Å²) in [5, 5.41) is 4.02. The molecule has 0 saturated carbocycles. The summed E-state index contributed by atoms with van der Waals surface area (Å²) in [6, 6.07) is 8.50. The summed E-state index contributed by atoms with van der Waals surface area (Å²) in [7, 11) is 4.09. The van der Waals surface area contributed by atoms with Crippen molar-refractivity contribution in [3.63, 3.8) is 0 Å². The van der Waals surface area contributed by atoms with Gasteiger partial charge in [-0.1, -0.05) is 29.8 Å². The van der Waals surface area contributed by atoms with E-state index < -0.39 is 0 Å². The Morgan fingerprint density at radius 3 is 2.67 bits per heavy atom. The van der Waals surface area contributed by atoms with Crippen molar-refractivity contribution in [2.75, 3.05) is 20.6 Å². The molecule has 15 heavy (non-hydrogen) atoms. The first-order valence-electron chi connectivity index (χ1n) is 5.23. The zero-order chi connectivity index (χ0) is 11.3. The molecule has 1 atom stereocenters. The van der Waals surface area contributed by atoms with Crippen LogP contribution in [0.3, 0.4) is 0 Å². The molecule has 1 aromatic carbocycles. The second-order valence-electron chi connectivity index (χ2n) is 3.91. The van der Waals surface area contributed by atoms with Crippen LogP contribution in [0.1, 0.15) is 12.5 Å². The van der Waals surface area contributed by atoms with Crippen molar-refractivity contribution < 1.29 is 0 Å². The van der Waals surface area contributed by atoms with E-state index in [1.54, 1.807) is 0 Å². The lowest BCUT2D eigenvalue weighted by Crippen LogP contribution is -2.36. The van der Waals surface area contributed by atoms with Gasteiger partial charge in [-0.2, -0.15) is 0 Å². The molecule has 2 nitrogen and oxygen atoms in total. The van der Waals surface area contributed by atoms with Crippen molar-refractivity contribution in [3.05, 3.63) is 34.9 Å². The molecule has 0 fully saturated rings. The highest BCUT2D eigenvalue weighted by atomic mass is 35.5. The summed E-state index contributed by atoms with van der Waals surface area (Å²) in [6.07, 6.45) is 0. The maximum Gasteiger partial charge on any atom is 0.0451 e. The topological polar surface area (TPSA) is 15.3 Å². The Balaban J connectivity index is 2.58. The second-order valence-corrected chi connectivity index (χ2v) is 4.32. The van der Waals surface area contributed by atoms with Crippen LogP contribution in [0, 0.1) is 0 Å². The average Bonchev–Trinajstić information content (AvgIpc) is 2.21. The Hall–Kier alpha value is -0.570. The highest BCUT2D eigenvalue weighted by Crippen LogP contribution is 2.17. The van der Waals surface area contributed by atoms with Gasteiger partial charge in [0, 0.05) is 24.2 Å². The molecule has 1 rings (SSSR count). The maximum absolute atomic E-state index is 6.11. The summed E-state index contributed by atoms with van der Waals surface area (Å²) < 4.78 is 0. The van der Waals surface area contributed by atoms with Crippen LogP contribution in [-0.2, 0) is 6.54 Å². The van der Waals surface area contributed by atoms with Crippen molar-refractivity contribution in [1.82, 2.24) is 10.2 Å². The first-order valence-corrected chi connectivity index (χ1v) is 5.61. The smallest absolute Gasteiger partial charge is 0.0451 e. The van der Waals surface area contributed by atoms with E-state index in [4.69, 9.17) is 11.6 Å². The van der Waals surface area contributed by atoms with Gasteiger partial charge in [-0.3, -0.25) is 4.90 Å². The van der Waals surface area contributed by atoms with E-state index in [0.717, 1.165) is 18.1 Å². The van der Waals surface area contributed by atoms with Gasteiger partial charge in [0.1, 0.15) is 0 Å². The first kappa shape index (κ1) is 12.5. The normalized spacial score (nSPS) is 13.1. The minimum absolute atomic E-state index is 0.506. The molecule has 0 bridgehead atoms. The molecular weight excluding hydrogens is 208 g/mol. The zero-order valence-electron chi connectivity index (χ0n) is 9.63. The number of nitrogens with one attached hydrogen (secondary N) is 1. The van der Waals surface area contributed by atoms with Gasteiger partial charge in [0.15, 0.2) is 0 Å². The lowest BCUT2D eigenvalue weighted by atomic mass is 10.2. The molecule has 0 heterocycles. The third-order valence-electron chi connectivity index (χ3n) is 2.63. The van der Waals surface area contributed by atoms with Gasteiger partial charge in [0.2, 0.25) is 0 Å². The Morgan fingerprint density at radius 1 is 1.40 bits per heavy atom. The third-order valence-corrected chi connectivity index (χ3v) is 3.00. The molecule has 3 heteroatoms. The van der Waals surface area contributed by atoms with Crippen LogP contribution in [0.25, 0.3) is 0 Å². The summed E-state index contributed by atoms with van der Waals surface area (Å²) in [5.74, 6) is 0. The van der Waals surface area contributed by atoms with Crippen LogP contribution in [0.2, 0.25) is 5.02 Å². The monoisotopic (exact) mass is 226 g/mol. The van der Waals surface area contributed by atoms with Gasteiger partial charge < -0.3 is 5.32 Å². The second kappa shape index (κ2) is 6.11. The number of nitrogens with zero attached hydrogens (tertiary/aromatic N) is 1. The first-order chi connectivity index (χ1) is 7.15. The van der Waals surface area contributed by atoms with E-state index in [-0.39, 0.29) is 0 Å². The molecule has 84 valence electrons. The van der Waals surface area contributed by atoms with E-state index in [1.165, 1.54) is 5.56 Å². The summed E-state index contributed by atoms with van der Waals surface area (Å²) >= 11 is 6.11. The molecule has 0 aromatic heterocycles. The third kappa shape index (κ3) is 3.82. The molecule has 0 amide bonds. The van der Waals surface area contributed by atoms with Crippen LogP contribution in [0.15, 0.2) is 24.3 Å². The predicted octanol–water partition coefficient (Wildman–Crippen LogP) is 2.38. The van der Waals surface area contributed by atoms with E-state index in [0.29, 0.717) is 6.04 Å². The fourth-order valence-corrected chi connectivity index (χ4v) is 1.70. The number of hydrogen-bond donors (Lipinski definition) is 1. The highest BCUT2D eigenvalue weighted by molar-refractivity contribution is 6.31. The molecular formula is C12H19ClN2. The zero-order valence-corrected chi connectivity index (χ0v) is 10.4. The highest BCUT2D eigenvalue weighted by Gasteiger charge is 2.09. The standard InChI is InChI=1S/C12H19ClN2/c1-10(8-14-2)15(3)9-11-6-4-5-7-12(11)13/h4-7,10,14H,8-9H2,1-3H3. The van der Waals surface area contributed by atoms with Crippen molar-refractivity contribution >= 4 is 11.6 Å². The molecule has 0 radical (unpaired) electrons. The summed E-state index contributed by atoms with van der Waals surface area (Å²) in [5.41, 5.74) is 1.18. The molecule has 1 unspecified atom stereocenters. The van der Waals surface area contributed by atoms with Crippen molar-refractivity contribution in [1.29, 1.82) is 0 Å². The van der Waals surface area contributed by atoms with Crippen molar-refractivity contribution in [3.8, 4) is 0 Å². The van der Waals surface area contributed by atoms with Crippen LogP contribution in [0.5, 0.6) is 0 Å². The molecule has 0 aliphatic carbocycles. The van der Waals surface area contributed by atoms with E-state index >= 15 is 0 Å². The lowest BCUT2D eigenvalue weighted by molar-refractivity contribution is 0.246. The van der Waals surface area contributed by atoms with Crippen LogP contribution < -0.4 is 5.32 Å². The van der Waals surface area contributed by atoms with Crippen LogP contribution in [-0.4, -0.2) is 31.6 Å². The Labute approximate surface area is 97.2 Å². The quantitative estimate of drug-likeness (QED) is 0.830. The summed E-state index contributed by atoms with van der Waals surface area (Å²) in [4.78, 5) is 2.29. The number of rotatable bonds is 5. The van der Waals surface area contributed by atoms with Gasteiger partial charge in [0.25, 0.3) is 0 Å². The van der Waals surface area contributed by atoms with E-state index in [9.17, 15) is 0 Å². The molecule has 0 spiro atoms. The van der Waals surface area contributed by atoms with Gasteiger partial charge in [0.05, 0.1) is 0 Å². The SMILES string of the molecule is CNCC(C)N(C)Cc1ccccc1Cl. The molecule has 0 saturated heterocycles. The molecule has 0 aliphatic rings. The number of halogens is 1. The van der Waals surface area contributed by atoms with Crippen LogP contribution in [0.4, 0.5) is 0 Å². The minimum atomic E-state index is 0.506. The van der Waals surface area contributed by atoms with Crippen molar-refractivity contribution in [2.24, 2.45) is 0 Å². The largest absolute Gasteiger partial charge is 0.318 e. The Bertz CT molecular complexity index is 301. The predicted molar refractivity (Wildman–Crippen MR) is 66.3 cm³/mol. The molecule has 1 N–H and O–H groups in total. The van der Waals surface area contributed by atoms with Gasteiger partial charge in [-0.25, -0.2) is 0 Å². The average molecular weight is 227 g/mol. The van der Waals surface area contributed by atoms with Gasteiger partial charge in [-0.15, -0.1) is 0 Å². The van der Waals surface area contributed by atoms with E-state index in [2.05, 4.69) is 30.3 Å². The number of benzene rings is 1. The van der Waals surface area contributed by atoms with Crippen molar-refractivity contribution in [2.45, 2.75) is 19.5 Å². The van der Waals surface area contributed by atoms with Gasteiger partial charge >= 0.3 is 0 Å². The molecule has 1 aromatic rings. The fourth-order valence-electron chi connectivity index (χ4n) is 1.50. The van der Waals surface area contributed by atoms with E-state index in [1.807, 2.05) is 25.2 Å². The lowest BCUT2D eigenvalue weighted by Gasteiger charge is -2.24. The number of hydrogen-bond acceptors (Lipinski definition) is 2. The Kier molecular flexibility index (Phi) is 5.09. The number of likely N-dealkylation sites (N-methyl/N-ethyl adjacent to an activating group) is 2. The molecule has 0 aliphatic heterocycles. The van der Waals surface area contributed by atoms with Gasteiger partial charge in [-0.05, 0) is 32.6 Å². The maximum atomic E-state index is 6.11. The fraction of sp³-hybridized carbons (Fsp3) is 0.500. The Morgan fingerprint density at radius 2 is 2.07 bits per heavy atom. The minimum Gasteiger partial charge on any atom is -0.318 e. The summed E-state index contributed by atoms with van der Waals surface area (Å²) in [6.45, 7) is 4.08.